The molecule has 2 rings (SSSR count). The van der Waals surface area contributed by atoms with Crippen molar-refractivity contribution in [3.63, 3.8) is 0 Å². The summed E-state index contributed by atoms with van der Waals surface area (Å²) < 4.78 is 5.44. The number of anilines is 1. The van der Waals surface area contributed by atoms with Crippen LogP contribution in [0.4, 0.5) is 5.69 Å². The molecule has 1 heterocycles. The monoisotopic (exact) mass is 416 g/mol. The van der Waals surface area contributed by atoms with Crippen LogP contribution in [0.15, 0.2) is 41.9 Å². The largest absolute Gasteiger partial charge is 0.495 e. The third-order valence-corrected chi connectivity index (χ3v) is 3.62. The number of rotatable bonds is 4. The number of halogens is 1. The van der Waals surface area contributed by atoms with Crippen molar-refractivity contribution >= 4 is 35.6 Å². The molecule has 0 spiro atoms. The van der Waals surface area contributed by atoms with Gasteiger partial charge in [0.25, 0.3) is 0 Å². The van der Waals surface area contributed by atoms with E-state index in [-0.39, 0.29) is 24.0 Å². The van der Waals surface area contributed by atoms with Gasteiger partial charge in [0.15, 0.2) is 5.96 Å². The molecule has 0 atom stereocenters. The van der Waals surface area contributed by atoms with Gasteiger partial charge in [0.2, 0.25) is 0 Å². The van der Waals surface area contributed by atoms with Gasteiger partial charge >= 0.3 is 0 Å². The number of methoxy groups -OCH3 is 1. The van der Waals surface area contributed by atoms with Gasteiger partial charge in [-0.3, -0.25) is 4.99 Å². The molecule has 1 saturated heterocycles. The zero-order valence-electron chi connectivity index (χ0n) is 13.3. The Morgan fingerprint density at radius 3 is 2.59 bits per heavy atom. The number of nitrogens with zero attached hydrogens (tertiary/aromatic N) is 3. The minimum atomic E-state index is 0. The maximum Gasteiger partial charge on any atom is 0.194 e. The van der Waals surface area contributed by atoms with E-state index in [0.29, 0.717) is 0 Å². The highest BCUT2D eigenvalue weighted by atomic mass is 127. The molecule has 22 heavy (non-hydrogen) atoms. The number of para-hydroxylation sites is 2. The fourth-order valence-electron chi connectivity index (χ4n) is 2.55. The predicted molar refractivity (Wildman–Crippen MR) is 104 cm³/mol. The van der Waals surface area contributed by atoms with Gasteiger partial charge in [-0.15, -0.1) is 30.6 Å². The van der Waals surface area contributed by atoms with Crippen LogP contribution in [0.3, 0.4) is 0 Å². The number of hydrogen-bond donors (Lipinski definition) is 1. The summed E-state index contributed by atoms with van der Waals surface area (Å²) in [7, 11) is 3.54. The smallest absolute Gasteiger partial charge is 0.194 e. The third kappa shape index (κ3) is 4.53. The molecule has 0 aliphatic carbocycles. The summed E-state index contributed by atoms with van der Waals surface area (Å²) in [4.78, 5) is 8.95. The summed E-state index contributed by atoms with van der Waals surface area (Å²) in [6.07, 6.45) is 1.84. The fraction of sp³-hybridized carbons (Fsp3) is 0.438. The van der Waals surface area contributed by atoms with E-state index in [9.17, 15) is 0 Å². The second-order valence-corrected chi connectivity index (χ2v) is 4.86. The van der Waals surface area contributed by atoms with E-state index in [0.717, 1.165) is 50.1 Å². The number of nitrogens with one attached hydrogen (secondary N) is 1. The van der Waals surface area contributed by atoms with E-state index in [1.807, 2.05) is 25.3 Å². The molecule has 0 saturated carbocycles. The van der Waals surface area contributed by atoms with Gasteiger partial charge in [-0.05, 0) is 12.1 Å². The van der Waals surface area contributed by atoms with Crippen molar-refractivity contribution in [2.24, 2.45) is 4.99 Å². The molecular weight excluding hydrogens is 391 g/mol. The minimum Gasteiger partial charge on any atom is -0.495 e. The van der Waals surface area contributed by atoms with Crippen LogP contribution < -0.4 is 15.0 Å². The molecule has 5 nitrogen and oxygen atoms in total. The van der Waals surface area contributed by atoms with Gasteiger partial charge in [-0.1, -0.05) is 18.2 Å². The van der Waals surface area contributed by atoms with Crippen LogP contribution in [-0.2, 0) is 0 Å². The molecule has 1 aliphatic rings. The average molecular weight is 416 g/mol. The van der Waals surface area contributed by atoms with Crippen molar-refractivity contribution < 1.29 is 4.74 Å². The minimum absolute atomic E-state index is 0. The van der Waals surface area contributed by atoms with E-state index in [4.69, 9.17) is 4.74 Å². The molecular formula is C16H25IN4O. The van der Waals surface area contributed by atoms with Crippen molar-refractivity contribution in [1.29, 1.82) is 0 Å². The van der Waals surface area contributed by atoms with Gasteiger partial charge < -0.3 is 19.9 Å². The quantitative estimate of drug-likeness (QED) is 0.354. The van der Waals surface area contributed by atoms with Crippen LogP contribution >= 0.6 is 24.0 Å². The Morgan fingerprint density at radius 2 is 2.00 bits per heavy atom. The van der Waals surface area contributed by atoms with Crippen molar-refractivity contribution in [3.05, 3.63) is 36.9 Å². The van der Waals surface area contributed by atoms with E-state index < -0.39 is 0 Å². The number of hydrogen-bond acceptors (Lipinski definition) is 3. The normalized spacial score (nSPS) is 15.1. The second-order valence-electron chi connectivity index (χ2n) is 4.86. The Morgan fingerprint density at radius 1 is 1.32 bits per heavy atom. The first kappa shape index (κ1) is 18.6. The molecule has 1 fully saturated rings. The van der Waals surface area contributed by atoms with Crippen LogP contribution in [0, 0.1) is 0 Å². The Balaban J connectivity index is 0.00000242. The van der Waals surface area contributed by atoms with Crippen LogP contribution in [-0.4, -0.2) is 57.7 Å². The highest BCUT2D eigenvalue weighted by Crippen LogP contribution is 2.28. The number of benzene rings is 1. The third-order valence-electron chi connectivity index (χ3n) is 3.62. The molecule has 122 valence electrons. The number of guanidine groups is 1. The molecule has 0 amide bonds. The Hall–Kier alpha value is -1.44. The average Bonchev–Trinajstić information content (AvgIpc) is 2.56. The summed E-state index contributed by atoms with van der Waals surface area (Å²) in [6, 6.07) is 8.17. The highest BCUT2D eigenvalue weighted by Gasteiger charge is 2.21. The maximum atomic E-state index is 5.44. The van der Waals surface area contributed by atoms with E-state index in [1.54, 1.807) is 7.11 Å². The molecule has 0 bridgehead atoms. The number of aliphatic imine (C=N–C) groups is 1. The Kier molecular flexibility index (Phi) is 8.08. The lowest BCUT2D eigenvalue weighted by Gasteiger charge is -2.38. The van der Waals surface area contributed by atoms with E-state index in [1.165, 1.54) is 0 Å². The van der Waals surface area contributed by atoms with Crippen LogP contribution in [0.1, 0.15) is 0 Å². The first-order valence-electron chi connectivity index (χ1n) is 7.24. The zero-order valence-corrected chi connectivity index (χ0v) is 15.6. The second kappa shape index (κ2) is 9.55. The van der Waals surface area contributed by atoms with Gasteiger partial charge in [-0.2, -0.15) is 0 Å². The summed E-state index contributed by atoms with van der Waals surface area (Å²) in [6.45, 7) is 8.25. The molecule has 0 aromatic heterocycles. The van der Waals surface area contributed by atoms with E-state index in [2.05, 4.69) is 38.8 Å². The molecule has 1 aliphatic heterocycles. The van der Waals surface area contributed by atoms with Crippen molar-refractivity contribution in [1.82, 2.24) is 10.2 Å². The summed E-state index contributed by atoms with van der Waals surface area (Å²) in [5.41, 5.74) is 1.16. The predicted octanol–water partition coefficient (Wildman–Crippen LogP) is 2.20. The number of piperazine rings is 1. The molecule has 1 N–H and O–H groups in total. The van der Waals surface area contributed by atoms with Gasteiger partial charge in [0.1, 0.15) is 5.75 Å². The lowest BCUT2D eigenvalue weighted by molar-refractivity contribution is 0.368. The van der Waals surface area contributed by atoms with Crippen LogP contribution in [0.25, 0.3) is 0 Å². The van der Waals surface area contributed by atoms with Crippen molar-refractivity contribution in [2.45, 2.75) is 0 Å². The van der Waals surface area contributed by atoms with Crippen molar-refractivity contribution in [2.75, 3.05) is 51.8 Å². The molecule has 1 aromatic carbocycles. The molecule has 6 heteroatoms. The molecule has 0 radical (unpaired) electrons. The van der Waals surface area contributed by atoms with Crippen LogP contribution in [0.5, 0.6) is 5.75 Å². The summed E-state index contributed by atoms with van der Waals surface area (Å²) in [5, 5.41) is 3.28. The van der Waals surface area contributed by atoms with Gasteiger partial charge in [0.05, 0.1) is 12.8 Å². The molecule has 1 aromatic rings. The first-order chi connectivity index (χ1) is 10.3. The fourth-order valence-corrected chi connectivity index (χ4v) is 2.55. The van der Waals surface area contributed by atoms with Gasteiger partial charge in [0, 0.05) is 39.8 Å². The zero-order chi connectivity index (χ0) is 15.1. The lowest BCUT2D eigenvalue weighted by atomic mass is 10.2. The number of ether oxygens (including phenoxy) is 1. The topological polar surface area (TPSA) is 40.1 Å². The molecule has 0 unspecified atom stereocenters. The lowest BCUT2D eigenvalue weighted by Crippen LogP contribution is -2.52. The van der Waals surface area contributed by atoms with E-state index >= 15 is 0 Å². The first-order valence-corrected chi connectivity index (χ1v) is 7.24. The summed E-state index contributed by atoms with van der Waals surface area (Å²) >= 11 is 0. The Labute approximate surface area is 150 Å². The standard InChI is InChI=1S/C16H24N4O.HI/c1-4-9-18-16(17-2)20-12-10-19(11-13-20)14-7-5-6-8-15(14)21-3;/h4-8H,1,9-13H2,2-3H3,(H,17,18);1H. The maximum absolute atomic E-state index is 5.44. The van der Waals surface area contributed by atoms with Gasteiger partial charge in [-0.25, -0.2) is 0 Å². The van der Waals surface area contributed by atoms with Crippen LogP contribution in [0.2, 0.25) is 0 Å². The van der Waals surface area contributed by atoms with Crippen molar-refractivity contribution in [3.8, 4) is 5.75 Å². The SMILES string of the molecule is C=CCNC(=NC)N1CCN(c2ccccc2OC)CC1.I. The Bertz CT molecular complexity index is 499. The highest BCUT2D eigenvalue weighted by molar-refractivity contribution is 14.0. The summed E-state index contributed by atoms with van der Waals surface area (Å²) in [5.74, 6) is 1.87.